The van der Waals surface area contributed by atoms with Gasteiger partial charge in [0, 0.05) is 5.56 Å². The third-order valence-electron chi connectivity index (χ3n) is 1.56. The Labute approximate surface area is 84.0 Å². The van der Waals surface area contributed by atoms with E-state index in [4.69, 9.17) is 0 Å². The number of thiophene rings is 1. The molecule has 0 aromatic carbocycles. The predicted octanol–water partition coefficient (Wildman–Crippen LogP) is 3.22. The van der Waals surface area contributed by atoms with E-state index in [1.54, 1.807) is 0 Å². The van der Waals surface area contributed by atoms with E-state index in [0.29, 0.717) is 4.47 Å². The van der Waals surface area contributed by atoms with Crippen molar-refractivity contribution >= 4 is 27.3 Å². The van der Waals surface area contributed by atoms with Crippen molar-refractivity contribution in [3.05, 3.63) is 10.0 Å². The van der Waals surface area contributed by atoms with Crippen molar-refractivity contribution < 1.29 is 10.2 Å². The molecule has 1 rings (SSSR count). The molecule has 0 amide bonds. The fraction of sp³-hybridized carbons (Fsp3) is 0.500. The van der Waals surface area contributed by atoms with Gasteiger partial charge in [0.1, 0.15) is 0 Å². The summed E-state index contributed by atoms with van der Waals surface area (Å²) in [4.78, 5) is 0. The summed E-state index contributed by atoms with van der Waals surface area (Å²) in [5.41, 5.74) is 0.616. The average molecular weight is 251 g/mol. The van der Waals surface area contributed by atoms with Crippen molar-refractivity contribution in [1.82, 2.24) is 0 Å². The highest BCUT2D eigenvalue weighted by atomic mass is 79.9. The van der Waals surface area contributed by atoms with Gasteiger partial charge >= 0.3 is 0 Å². The lowest BCUT2D eigenvalue weighted by molar-refractivity contribution is 0.459. The molecule has 0 aliphatic rings. The van der Waals surface area contributed by atoms with Gasteiger partial charge in [0.25, 0.3) is 0 Å². The first-order chi connectivity index (χ1) is 5.34. The number of rotatable bonds is 0. The van der Waals surface area contributed by atoms with Crippen LogP contribution in [0.15, 0.2) is 4.47 Å². The Bertz CT molecular complexity index is 299. The third-order valence-corrected chi connectivity index (χ3v) is 3.39. The van der Waals surface area contributed by atoms with Crippen LogP contribution in [0.1, 0.15) is 26.3 Å². The number of hydrogen-bond donors (Lipinski definition) is 2. The van der Waals surface area contributed by atoms with E-state index >= 15 is 0 Å². The fourth-order valence-electron chi connectivity index (χ4n) is 1.04. The zero-order valence-corrected chi connectivity index (χ0v) is 9.58. The second-order valence-corrected chi connectivity index (χ2v) is 5.42. The van der Waals surface area contributed by atoms with Crippen molar-refractivity contribution in [1.29, 1.82) is 0 Å². The fourth-order valence-corrected chi connectivity index (χ4v) is 3.08. The van der Waals surface area contributed by atoms with Gasteiger partial charge in [-0.3, -0.25) is 0 Å². The van der Waals surface area contributed by atoms with Crippen LogP contribution in [0.4, 0.5) is 0 Å². The smallest absolute Gasteiger partial charge is 0.189 e. The molecule has 68 valence electrons. The van der Waals surface area contributed by atoms with Crippen LogP contribution in [0, 0.1) is 0 Å². The first kappa shape index (κ1) is 9.86. The first-order valence-electron chi connectivity index (χ1n) is 3.54. The molecular formula is C8H11BrO2S. The highest BCUT2D eigenvalue weighted by Crippen LogP contribution is 2.48. The SMILES string of the molecule is CC(C)(C)c1c(O)sc(O)c1Br. The van der Waals surface area contributed by atoms with E-state index in [-0.39, 0.29) is 15.5 Å². The largest absolute Gasteiger partial charge is 0.499 e. The lowest BCUT2D eigenvalue weighted by atomic mass is 9.89. The lowest BCUT2D eigenvalue weighted by Crippen LogP contribution is -2.10. The summed E-state index contributed by atoms with van der Waals surface area (Å²) in [5.74, 6) is 0. The van der Waals surface area contributed by atoms with Crippen LogP contribution in [0.2, 0.25) is 0 Å². The molecule has 0 aliphatic heterocycles. The van der Waals surface area contributed by atoms with Crippen LogP contribution in [-0.4, -0.2) is 10.2 Å². The summed E-state index contributed by atoms with van der Waals surface area (Å²) in [6.45, 7) is 5.96. The van der Waals surface area contributed by atoms with Crippen LogP contribution in [0.5, 0.6) is 10.1 Å². The van der Waals surface area contributed by atoms with E-state index in [2.05, 4.69) is 15.9 Å². The molecule has 0 bridgehead atoms. The maximum absolute atomic E-state index is 9.48. The lowest BCUT2D eigenvalue weighted by Gasteiger charge is -2.17. The van der Waals surface area contributed by atoms with Crippen molar-refractivity contribution in [2.24, 2.45) is 0 Å². The second kappa shape index (κ2) is 2.92. The van der Waals surface area contributed by atoms with Crippen LogP contribution in [0.25, 0.3) is 0 Å². The average Bonchev–Trinajstić information content (AvgIpc) is 2.05. The van der Waals surface area contributed by atoms with Crippen LogP contribution in [-0.2, 0) is 5.41 Å². The Morgan fingerprint density at radius 2 is 1.67 bits per heavy atom. The summed E-state index contributed by atoms with van der Waals surface area (Å²) in [7, 11) is 0. The summed E-state index contributed by atoms with van der Waals surface area (Å²) < 4.78 is 0.609. The molecule has 4 heteroatoms. The van der Waals surface area contributed by atoms with Gasteiger partial charge in [-0.05, 0) is 21.3 Å². The highest BCUT2D eigenvalue weighted by Gasteiger charge is 2.25. The minimum atomic E-state index is -0.152. The van der Waals surface area contributed by atoms with Gasteiger partial charge in [-0.15, -0.1) is 0 Å². The van der Waals surface area contributed by atoms with E-state index in [0.717, 1.165) is 16.9 Å². The third kappa shape index (κ3) is 1.59. The Hall–Kier alpha value is -0.220. The van der Waals surface area contributed by atoms with Crippen LogP contribution in [0.3, 0.4) is 0 Å². The summed E-state index contributed by atoms with van der Waals surface area (Å²) in [6.07, 6.45) is 0. The highest BCUT2D eigenvalue weighted by molar-refractivity contribution is 9.10. The number of hydrogen-bond acceptors (Lipinski definition) is 3. The molecule has 1 aromatic heterocycles. The maximum Gasteiger partial charge on any atom is 0.189 e. The molecule has 2 N–H and O–H groups in total. The van der Waals surface area contributed by atoms with E-state index < -0.39 is 0 Å². The molecule has 1 heterocycles. The van der Waals surface area contributed by atoms with Crippen LogP contribution < -0.4 is 0 Å². The topological polar surface area (TPSA) is 40.5 Å². The zero-order chi connectivity index (χ0) is 9.52. The summed E-state index contributed by atoms with van der Waals surface area (Å²) in [5, 5.41) is 19.1. The Balaban J connectivity index is 3.32. The molecule has 0 fully saturated rings. The molecule has 0 atom stereocenters. The minimum absolute atomic E-state index is 0.137. The molecule has 0 saturated carbocycles. The van der Waals surface area contributed by atoms with Gasteiger partial charge in [0.2, 0.25) is 0 Å². The second-order valence-electron chi connectivity index (χ2n) is 3.65. The minimum Gasteiger partial charge on any atom is -0.499 e. The number of halogens is 1. The maximum atomic E-state index is 9.48. The van der Waals surface area contributed by atoms with E-state index in [9.17, 15) is 10.2 Å². The van der Waals surface area contributed by atoms with E-state index in [1.165, 1.54) is 0 Å². The Morgan fingerprint density at radius 3 is 1.83 bits per heavy atom. The quantitative estimate of drug-likeness (QED) is 0.743. The molecule has 0 spiro atoms. The van der Waals surface area contributed by atoms with Gasteiger partial charge in [-0.1, -0.05) is 32.1 Å². The summed E-state index contributed by atoms with van der Waals surface area (Å²) in [6, 6.07) is 0. The van der Waals surface area contributed by atoms with E-state index in [1.807, 2.05) is 20.8 Å². The molecule has 0 unspecified atom stereocenters. The molecule has 0 radical (unpaired) electrons. The molecular weight excluding hydrogens is 240 g/mol. The molecule has 12 heavy (non-hydrogen) atoms. The van der Waals surface area contributed by atoms with Gasteiger partial charge in [-0.25, -0.2) is 0 Å². The van der Waals surface area contributed by atoms with Crippen molar-refractivity contribution in [3.63, 3.8) is 0 Å². The molecule has 2 nitrogen and oxygen atoms in total. The molecule has 1 aromatic rings. The Morgan fingerprint density at radius 1 is 1.17 bits per heavy atom. The van der Waals surface area contributed by atoms with Crippen LogP contribution >= 0.6 is 27.3 Å². The van der Waals surface area contributed by atoms with Gasteiger partial charge in [-0.2, -0.15) is 0 Å². The predicted molar refractivity (Wildman–Crippen MR) is 54.0 cm³/mol. The van der Waals surface area contributed by atoms with Gasteiger partial charge in [0.05, 0.1) is 4.47 Å². The zero-order valence-electron chi connectivity index (χ0n) is 7.18. The first-order valence-corrected chi connectivity index (χ1v) is 5.15. The van der Waals surface area contributed by atoms with Crippen molar-refractivity contribution in [2.75, 3.05) is 0 Å². The summed E-state index contributed by atoms with van der Waals surface area (Å²) >= 11 is 4.22. The monoisotopic (exact) mass is 250 g/mol. The normalized spacial score (nSPS) is 12.0. The van der Waals surface area contributed by atoms with Crippen molar-refractivity contribution in [3.8, 4) is 10.1 Å². The standard InChI is InChI=1S/C8H11BrO2S/c1-8(2,3)4-5(9)7(11)12-6(4)10/h10-11H,1-3H3. The van der Waals surface area contributed by atoms with Crippen molar-refractivity contribution in [2.45, 2.75) is 26.2 Å². The molecule has 0 saturated heterocycles. The Kier molecular flexibility index (Phi) is 2.40. The number of aromatic hydroxyl groups is 2. The van der Waals surface area contributed by atoms with Gasteiger partial charge in [0.15, 0.2) is 10.1 Å². The molecule has 0 aliphatic carbocycles. The van der Waals surface area contributed by atoms with Gasteiger partial charge < -0.3 is 10.2 Å².